The van der Waals surface area contributed by atoms with Crippen LogP contribution in [-0.2, 0) is 34.0 Å². The molecular weight excluding hydrogens is 903 g/mol. The van der Waals surface area contributed by atoms with Crippen LogP contribution in [0.15, 0.2) is 102 Å². The molecule has 9 atom stereocenters. The van der Waals surface area contributed by atoms with Gasteiger partial charge in [0.25, 0.3) is 17.6 Å². The number of anilines is 1. The number of phenolic OH excluding ortho intramolecular Hbond substituents is 3. The minimum Gasteiger partial charge on any atom is -0.507 e. The molecule has 3 aliphatic heterocycles. The van der Waals surface area contributed by atoms with E-state index >= 15 is 0 Å². The number of carbonyl (C=O) groups excluding carboxylic acids is 4. The minimum atomic E-state index is -2.16. The summed E-state index contributed by atoms with van der Waals surface area (Å²) in [5.74, 6) is -10.3. The summed E-state index contributed by atoms with van der Waals surface area (Å²) in [5, 5.41) is 76.0. The Labute approximate surface area is 405 Å². The van der Waals surface area contributed by atoms with Gasteiger partial charge in [0, 0.05) is 61.2 Å². The van der Waals surface area contributed by atoms with Gasteiger partial charge in [0.05, 0.1) is 59.6 Å². The number of carbonyl (C=O) groups is 4. The SMILES string of the molecule is CO[C@H]1/C=C/O[C@@]2(C)Oc3c(C)c(O)c4c(O)c(c(C=NNC(=O)C(CO)(c5ccccc5)c5ccccc5)c(O)c4c3C2=O)NC(=O)/C(C)=C\C=C\[C@H](C)[C@H](O)[C@@H](C)[C@@H](O)[C@@H](C)[C@H](OC(C)=O)[C@@H]1C. The molecule has 0 saturated carbocycles. The van der Waals surface area contributed by atoms with Crippen LogP contribution in [0, 0.1) is 30.6 Å². The van der Waals surface area contributed by atoms with Crippen LogP contribution in [0.25, 0.3) is 10.8 Å². The highest BCUT2D eigenvalue weighted by Gasteiger charge is 2.50. The van der Waals surface area contributed by atoms with Crippen LogP contribution < -0.4 is 15.5 Å². The van der Waals surface area contributed by atoms with E-state index in [1.165, 1.54) is 53.0 Å². The number of allylic oxidation sites excluding steroid dienone is 2. The van der Waals surface area contributed by atoms with Gasteiger partial charge in [0.2, 0.25) is 0 Å². The predicted octanol–water partition coefficient (Wildman–Crippen LogP) is 6.18. The molecule has 372 valence electrons. The van der Waals surface area contributed by atoms with Crippen LogP contribution >= 0.6 is 0 Å². The first-order valence-electron chi connectivity index (χ1n) is 22.8. The summed E-state index contributed by atoms with van der Waals surface area (Å²) in [6, 6.07) is 17.0. The Balaban J connectivity index is 1.53. The molecular formula is C53H61N3O14. The molecule has 0 radical (unpaired) electrons. The van der Waals surface area contributed by atoms with E-state index in [4.69, 9.17) is 18.9 Å². The zero-order chi connectivity index (χ0) is 51.4. The van der Waals surface area contributed by atoms with Gasteiger partial charge in [-0.3, -0.25) is 19.2 Å². The van der Waals surface area contributed by atoms with Crippen molar-refractivity contribution in [2.45, 2.75) is 91.0 Å². The molecule has 17 nitrogen and oxygen atoms in total. The molecule has 70 heavy (non-hydrogen) atoms. The monoisotopic (exact) mass is 963 g/mol. The number of benzene rings is 4. The number of methoxy groups -OCH3 is 1. The summed E-state index contributed by atoms with van der Waals surface area (Å²) in [7, 11) is 1.41. The number of ketones is 1. The van der Waals surface area contributed by atoms with E-state index < -0.39 is 129 Å². The fourth-order valence-corrected chi connectivity index (χ4v) is 9.25. The van der Waals surface area contributed by atoms with Gasteiger partial charge in [-0.1, -0.05) is 107 Å². The Morgan fingerprint density at radius 2 is 1.49 bits per heavy atom. The van der Waals surface area contributed by atoms with Crippen molar-refractivity contribution >= 4 is 46.2 Å². The average Bonchev–Trinajstić information content (AvgIpc) is 3.61. The maximum atomic E-state index is 14.6. The highest BCUT2D eigenvalue weighted by atomic mass is 16.7. The summed E-state index contributed by atoms with van der Waals surface area (Å²) in [6.07, 6.45) is 4.00. The van der Waals surface area contributed by atoms with Gasteiger partial charge < -0.3 is 54.9 Å². The number of phenols is 3. The fourth-order valence-electron chi connectivity index (χ4n) is 9.25. The molecule has 4 aromatic carbocycles. The number of hydrogen-bond donors (Lipinski definition) is 8. The van der Waals surface area contributed by atoms with Crippen LogP contribution in [0.3, 0.4) is 0 Å². The Morgan fingerprint density at radius 3 is 2.06 bits per heavy atom. The summed E-state index contributed by atoms with van der Waals surface area (Å²) >= 11 is 0. The van der Waals surface area contributed by atoms with Crippen LogP contribution in [0.2, 0.25) is 0 Å². The van der Waals surface area contributed by atoms with E-state index in [2.05, 4.69) is 15.8 Å². The van der Waals surface area contributed by atoms with Crippen LogP contribution in [0.4, 0.5) is 5.69 Å². The number of fused-ring (bicyclic) bond motifs is 14. The van der Waals surface area contributed by atoms with Gasteiger partial charge in [0.1, 0.15) is 28.8 Å². The molecule has 0 aromatic heterocycles. The van der Waals surface area contributed by atoms with E-state index in [1.54, 1.807) is 94.4 Å². The number of aliphatic hydroxyl groups excluding tert-OH is 3. The lowest BCUT2D eigenvalue weighted by Crippen LogP contribution is -2.46. The highest BCUT2D eigenvalue weighted by molar-refractivity contribution is 6.24. The first kappa shape index (κ1) is 52.3. The molecule has 0 fully saturated rings. The topological polar surface area (TPSA) is 263 Å². The quantitative estimate of drug-likeness (QED) is 0.0322. The summed E-state index contributed by atoms with van der Waals surface area (Å²) in [4.78, 5) is 55.4. The smallest absolute Gasteiger partial charge is 0.312 e. The molecule has 4 aromatic rings. The van der Waals surface area contributed by atoms with Gasteiger partial charge in [-0.05, 0) is 31.1 Å². The Morgan fingerprint density at radius 1 is 0.871 bits per heavy atom. The average molecular weight is 964 g/mol. The predicted molar refractivity (Wildman–Crippen MR) is 260 cm³/mol. The van der Waals surface area contributed by atoms with E-state index in [1.807, 2.05) is 0 Å². The second-order valence-corrected chi connectivity index (χ2v) is 18.1. The number of rotatable bonds is 8. The van der Waals surface area contributed by atoms with Crippen molar-refractivity contribution < 1.29 is 68.8 Å². The van der Waals surface area contributed by atoms with Crippen molar-refractivity contribution in [3.05, 3.63) is 125 Å². The van der Waals surface area contributed by atoms with E-state index in [0.717, 1.165) is 12.5 Å². The summed E-state index contributed by atoms with van der Waals surface area (Å²) < 4.78 is 23.6. The number of amides is 2. The number of esters is 1. The number of nitrogens with one attached hydrogen (secondary N) is 2. The van der Waals surface area contributed by atoms with Gasteiger partial charge >= 0.3 is 11.8 Å². The zero-order valence-corrected chi connectivity index (χ0v) is 40.5. The first-order chi connectivity index (χ1) is 33.2. The zero-order valence-electron chi connectivity index (χ0n) is 40.5. The third-order valence-corrected chi connectivity index (χ3v) is 13.6. The maximum Gasteiger partial charge on any atom is 0.312 e. The normalized spacial score (nSPS) is 27.3. The Hall–Kier alpha value is -7.05. The molecule has 7 rings (SSSR count). The molecule has 5 bridgehead atoms. The number of hydrazone groups is 1. The van der Waals surface area contributed by atoms with Crippen molar-refractivity contribution in [2.75, 3.05) is 19.0 Å². The van der Waals surface area contributed by atoms with Crippen LogP contribution in [0.5, 0.6) is 23.0 Å². The Bertz CT molecular complexity index is 2710. The maximum absolute atomic E-state index is 14.6. The second-order valence-electron chi connectivity index (χ2n) is 18.1. The van der Waals surface area contributed by atoms with Crippen LogP contribution in [0.1, 0.15) is 81.1 Å². The number of aliphatic hydroxyl groups is 3. The number of Topliss-reactive ketones (excluding diaryl/α,β-unsaturated/α-hetero) is 1. The molecule has 0 aliphatic carbocycles. The Kier molecular flexibility index (Phi) is 15.9. The first-order valence-corrected chi connectivity index (χ1v) is 22.8. The van der Waals surface area contributed by atoms with Crippen molar-refractivity contribution in [3.8, 4) is 23.0 Å². The lowest BCUT2D eigenvalue weighted by Gasteiger charge is -2.38. The van der Waals surface area contributed by atoms with E-state index in [-0.39, 0.29) is 22.4 Å². The lowest BCUT2D eigenvalue weighted by molar-refractivity contribution is -0.160. The highest BCUT2D eigenvalue weighted by Crippen LogP contribution is 2.55. The molecule has 8 N–H and O–H groups in total. The number of nitrogens with zero attached hydrogens (tertiary/aromatic N) is 1. The van der Waals surface area contributed by atoms with Gasteiger partial charge in [-0.25, -0.2) is 5.43 Å². The molecule has 17 heteroatoms. The van der Waals surface area contributed by atoms with Gasteiger partial charge in [-0.2, -0.15) is 5.10 Å². The van der Waals surface area contributed by atoms with Crippen molar-refractivity contribution in [3.63, 3.8) is 0 Å². The standard InChI is InChI=1S/C53H61N3O14/c1-27-17-16-18-28(2)50(65)55-41-36(25-54-56-51(66)53(26-57,34-19-12-10-13-20-34)35-21-14-11-15-22-35)45(62)38-39(46(41)63)44(61)32(6)48-40(38)49(64)52(8,70-48)68-24-23-37(67-9)29(3)47(69-33(7)58)31(5)43(60)30(4)42(27)59/h10-25,27,29-31,37,42-43,47,57,59-63H,26H2,1-9H3,(H,55,65)(H,56,66)/b17-16+,24-23+,28-18-,54-25?/t27-,29+,30+,31+,37-,42-,43+,47+,52-/m0/s1. The molecule has 3 heterocycles. The summed E-state index contributed by atoms with van der Waals surface area (Å²) in [6.45, 7) is 11.5. The lowest BCUT2D eigenvalue weighted by atomic mass is 9.74. The van der Waals surface area contributed by atoms with Gasteiger partial charge in [-0.15, -0.1) is 0 Å². The molecule has 0 saturated heterocycles. The number of hydrogen-bond acceptors (Lipinski definition) is 15. The van der Waals surface area contributed by atoms with Gasteiger partial charge in [0.15, 0.2) is 5.75 Å². The van der Waals surface area contributed by atoms with E-state index in [9.17, 15) is 49.8 Å². The largest absolute Gasteiger partial charge is 0.507 e. The minimum absolute atomic E-state index is 0.0348. The molecule has 2 amide bonds. The molecule has 0 spiro atoms. The number of ether oxygens (including phenoxy) is 4. The van der Waals surface area contributed by atoms with Crippen molar-refractivity contribution in [2.24, 2.45) is 28.8 Å². The third-order valence-electron chi connectivity index (χ3n) is 13.6. The van der Waals surface area contributed by atoms with Crippen LogP contribution in [-0.4, -0.2) is 104 Å². The van der Waals surface area contributed by atoms with E-state index in [0.29, 0.717) is 11.1 Å². The second kappa shape index (κ2) is 21.3. The third kappa shape index (κ3) is 9.74. The number of aromatic hydroxyl groups is 3. The fraction of sp³-hybridized carbons (Fsp3) is 0.377. The molecule has 0 unspecified atom stereocenters. The molecule has 3 aliphatic rings. The van der Waals surface area contributed by atoms with Crippen molar-refractivity contribution in [1.29, 1.82) is 0 Å². The summed E-state index contributed by atoms with van der Waals surface area (Å²) in [5.41, 5.74) is 0.439. The van der Waals surface area contributed by atoms with Crippen molar-refractivity contribution in [1.82, 2.24) is 5.43 Å².